The van der Waals surface area contributed by atoms with Crippen molar-refractivity contribution in [1.29, 1.82) is 0 Å². The molecular formula is C16H33NO3. The Morgan fingerprint density at radius 3 is 1.85 bits per heavy atom. The van der Waals surface area contributed by atoms with Crippen molar-refractivity contribution in [2.45, 2.75) is 91.7 Å². The van der Waals surface area contributed by atoms with Crippen LogP contribution in [-0.2, 0) is 9.53 Å². The molecule has 0 bridgehead atoms. The van der Waals surface area contributed by atoms with Gasteiger partial charge in [-0.25, -0.2) is 4.79 Å². The number of amides is 1. The van der Waals surface area contributed by atoms with Gasteiger partial charge in [0.15, 0.2) is 0 Å². The number of hydrogen-bond donors (Lipinski definition) is 1. The first-order valence-electron chi connectivity index (χ1n) is 7.73. The molecule has 0 aliphatic carbocycles. The Hall–Kier alpha value is -1.06. The van der Waals surface area contributed by atoms with E-state index in [0.717, 1.165) is 32.0 Å². The van der Waals surface area contributed by atoms with E-state index in [4.69, 9.17) is 4.74 Å². The van der Waals surface area contributed by atoms with Crippen LogP contribution in [0.5, 0.6) is 0 Å². The Kier molecular flexibility index (Phi) is 11.4. The van der Waals surface area contributed by atoms with E-state index in [-0.39, 0.29) is 0 Å². The molecule has 0 heterocycles. The molecule has 1 N–H and O–H groups in total. The Balaban J connectivity index is 0. The highest BCUT2D eigenvalue weighted by atomic mass is 16.6. The zero-order valence-electron chi connectivity index (χ0n) is 14.3. The van der Waals surface area contributed by atoms with Crippen LogP contribution in [0.25, 0.3) is 0 Å². The van der Waals surface area contributed by atoms with E-state index in [9.17, 15) is 9.59 Å². The molecule has 0 spiro atoms. The Morgan fingerprint density at radius 2 is 1.55 bits per heavy atom. The van der Waals surface area contributed by atoms with Crippen LogP contribution < -0.4 is 5.32 Å². The minimum absolute atomic E-state index is 0.341. The van der Waals surface area contributed by atoms with Crippen molar-refractivity contribution < 1.29 is 14.3 Å². The van der Waals surface area contributed by atoms with Crippen LogP contribution in [0.4, 0.5) is 4.79 Å². The van der Waals surface area contributed by atoms with Gasteiger partial charge in [-0.15, -0.1) is 0 Å². The zero-order valence-corrected chi connectivity index (χ0v) is 14.3. The number of carbonyl (C=O) groups is 2. The fraction of sp³-hybridized carbons (Fsp3) is 0.875. The summed E-state index contributed by atoms with van der Waals surface area (Å²) in [7, 11) is 0. The third kappa shape index (κ3) is 9.82. The molecule has 4 nitrogen and oxygen atoms in total. The summed E-state index contributed by atoms with van der Waals surface area (Å²) in [6.45, 7) is 13.6. The summed E-state index contributed by atoms with van der Waals surface area (Å²) in [6, 6.07) is 0. The molecule has 0 saturated carbocycles. The van der Waals surface area contributed by atoms with Gasteiger partial charge in [0, 0.05) is 12.0 Å². The molecule has 4 heteroatoms. The second-order valence-corrected chi connectivity index (χ2v) is 5.78. The van der Waals surface area contributed by atoms with Gasteiger partial charge in [0.25, 0.3) is 0 Å². The molecule has 0 fully saturated rings. The van der Waals surface area contributed by atoms with E-state index in [2.05, 4.69) is 5.32 Å². The van der Waals surface area contributed by atoms with Gasteiger partial charge in [0.05, 0.1) is 0 Å². The standard InChI is InChI=1S/C14H27NO3.C2H6/c1-6-8-14(9-7-2,10-11-16)15-12(17)18-13(3,4)5;1-2/h11H,6-10H2,1-5H3,(H,15,17);1-2H3. The van der Waals surface area contributed by atoms with E-state index in [1.165, 1.54) is 0 Å². The number of carbonyl (C=O) groups excluding carboxylic acids is 2. The zero-order chi connectivity index (χ0) is 16.2. The van der Waals surface area contributed by atoms with Gasteiger partial charge in [-0.3, -0.25) is 0 Å². The Bertz CT molecular complexity index is 263. The van der Waals surface area contributed by atoms with Crippen LogP contribution >= 0.6 is 0 Å². The molecule has 0 rings (SSSR count). The van der Waals surface area contributed by atoms with Gasteiger partial charge in [0.1, 0.15) is 11.9 Å². The first kappa shape index (κ1) is 21.2. The fourth-order valence-electron chi connectivity index (χ4n) is 2.14. The van der Waals surface area contributed by atoms with Crippen LogP contribution in [0.15, 0.2) is 0 Å². The van der Waals surface area contributed by atoms with Crippen molar-refractivity contribution in [3.63, 3.8) is 0 Å². The monoisotopic (exact) mass is 287 g/mol. The lowest BCUT2D eigenvalue weighted by Crippen LogP contribution is -2.50. The minimum atomic E-state index is -0.518. The lowest BCUT2D eigenvalue weighted by molar-refractivity contribution is -0.109. The number of aldehydes is 1. The number of ether oxygens (including phenoxy) is 1. The predicted octanol–water partition coefficient (Wildman–Crippen LogP) is 4.47. The van der Waals surface area contributed by atoms with Crippen molar-refractivity contribution in [2.75, 3.05) is 0 Å². The molecular weight excluding hydrogens is 254 g/mol. The quantitative estimate of drug-likeness (QED) is 0.703. The van der Waals surface area contributed by atoms with E-state index in [1.807, 2.05) is 48.5 Å². The molecule has 0 aromatic rings. The number of alkyl carbamates (subject to hydrolysis) is 1. The Morgan fingerprint density at radius 1 is 1.10 bits per heavy atom. The maximum atomic E-state index is 11.8. The van der Waals surface area contributed by atoms with Crippen molar-refractivity contribution in [2.24, 2.45) is 0 Å². The SMILES string of the molecule is CC.CCCC(CC=O)(CCC)NC(=O)OC(C)(C)C. The smallest absolute Gasteiger partial charge is 0.408 e. The predicted molar refractivity (Wildman–Crippen MR) is 83.9 cm³/mol. The maximum absolute atomic E-state index is 11.8. The highest BCUT2D eigenvalue weighted by Crippen LogP contribution is 2.23. The van der Waals surface area contributed by atoms with E-state index >= 15 is 0 Å². The molecule has 1 amide bonds. The average molecular weight is 287 g/mol. The first-order valence-corrected chi connectivity index (χ1v) is 7.73. The fourth-order valence-corrected chi connectivity index (χ4v) is 2.14. The van der Waals surface area contributed by atoms with Gasteiger partial charge < -0.3 is 14.8 Å². The summed E-state index contributed by atoms with van der Waals surface area (Å²) in [5, 5.41) is 2.90. The topological polar surface area (TPSA) is 55.4 Å². The molecule has 0 unspecified atom stereocenters. The molecule has 0 saturated heterocycles. The van der Waals surface area contributed by atoms with Crippen molar-refractivity contribution in [1.82, 2.24) is 5.32 Å². The van der Waals surface area contributed by atoms with E-state index in [0.29, 0.717) is 6.42 Å². The van der Waals surface area contributed by atoms with Gasteiger partial charge >= 0.3 is 6.09 Å². The largest absolute Gasteiger partial charge is 0.444 e. The number of hydrogen-bond acceptors (Lipinski definition) is 3. The second kappa shape index (κ2) is 10.7. The molecule has 0 aromatic carbocycles. The molecule has 0 radical (unpaired) electrons. The molecule has 0 aliphatic rings. The third-order valence-electron chi connectivity index (χ3n) is 2.70. The molecule has 20 heavy (non-hydrogen) atoms. The van der Waals surface area contributed by atoms with E-state index in [1.54, 1.807) is 0 Å². The van der Waals surface area contributed by atoms with Gasteiger partial charge in [-0.2, -0.15) is 0 Å². The minimum Gasteiger partial charge on any atom is -0.444 e. The van der Waals surface area contributed by atoms with Crippen molar-refractivity contribution >= 4 is 12.4 Å². The third-order valence-corrected chi connectivity index (χ3v) is 2.70. The lowest BCUT2D eigenvalue weighted by Gasteiger charge is -2.34. The summed E-state index contributed by atoms with van der Waals surface area (Å²) in [5.41, 5.74) is -0.969. The van der Waals surface area contributed by atoms with Crippen molar-refractivity contribution in [3.8, 4) is 0 Å². The highest BCUT2D eigenvalue weighted by Gasteiger charge is 2.31. The maximum Gasteiger partial charge on any atom is 0.408 e. The van der Waals surface area contributed by atoms with Gasteiger partial charge in [-0.1, -0.05) is 40.5 Å². The molecule has 0 aromatic heterocycles. The summed E-state index contributed by atoms with van der Waals surface area (Å²) < 4.78 is 5.27. The van der Waals surface area contributed by atoms with Crippen LogP contribution in [0, 0.1) is 0 Å². The van der Waals surface area contributed by atoms with E-state index < -0.39 is 17.2 Å². The Labute approximate surface area is 124 Å². The van der Waals surface area contributed by atoms with Crippen LogP contribution in [-0.4, -0.2) is 23.5 Å². The number of nitrogens with one attached hydrogen (secondary N) is 1. The summed E-state index contributed by atoms with van der Waals surface area (Å²) in [4.78, 5) is 22.7. The molecule has 120 valence electrons. The van der Waals surface area contributed by atoms with Crippen LogP contribution in [0.2, 0.25) is 0 Å². The van der Waals surface area contributed by atoms with Gasteiger partial charge in [0.2, 0.25) is 0 Å². The van der Waals surface area contributed by atoms with Crippen LogP contribution in [0.1, 0.15) is 80.6 Å². The lowest BCUT2D eigenvalue weighted by atomic mass is 9.86. The van der Waals surface area contributed by atoms with Crippen molar-refractivity contribution in [3.05, 3.63) is 0 Å². The normalized spacial score (nSPS) is 11.2. The molecule has 0 atom stereocenters. The summed E-state index contributed by atoms with van der Waals surface area (Å²) in [5.74, 6) is 0. The highest BCUT2D eigenvalue weighted by molar-refractivity contribution is 5.69. The average Bonchev–Trinajstić information content (AvgIpc) is 2.29. The van der Waals surface area contributed by atoms with Gasteiger partial charge in [-0.05, 0) is 33.6 Å². The van der Waals surface area contributed by atoms with Crippen LogP contribution in [0.3, 0.4) is 0 Å². The summed E-state index contributed by atoms with van der Waals surface area (Å²) >= 11 is 0. The first-order chi connectivity index (χ1) is 9.28. The number of rotatable bonds is 7. The summed E-state index contributed by atoms with van der Waals surface area (Å²) in [6.07, 6.45) is 4.20. The second-order valence-electron chi connectivity index (χ2n) is 5.78. The molecule has 0 aliphatic heterocycles.